The van der Waals surface area contributed by atoms with Crippen LogP contribution in [0.25, 0.3) is 0 Å². The monoisotopic (exact) mass is 275 g/mol. The minimum Gasteiger partial charge on any atom is -0.491 e. The molecule has 2 rings (SSSR count). The Kier molecular flexibility index (Phi) is 3.95. The van der Waals surface area contributed by atoms with Crippen LogP contribution in [-0.2, 0) is 0 Å². The number of nitrogen functional groups attached to an aromatic ring is 1. The summed E-state index contributed by atoms with van der Waals surface area (Å²) < 4.78 is 32.0. The van der Waals surface area contributed by atoms with Gasteiger partial charge in [0.15, 0.2) is 0 Å². The molecular formula is C13H16ClF2NO. The largest absolute Gasteiger partial charge is 0.491 e. The first kappa shape index (κ1) is 13.4. The van der Waals surface area contributed by atoms with Gasteiger partial charge in [0.2, 0.25) is 5.92 Å². The molecule has 0 aliphatic heterocycles. The van der Waals surface area contributed by atoms with E-state index in [1.165, 1.54) is 0 Å². The standard InChI is InChI=1S/C13H16ClF2NO/c14-10-3-4-11(17)12(6-10)18-8-9-2-1-5-13(15,16)7-9/h3-4,6,9H,1-2,5,7-8,17H2. The number of hydrogen-bond acceptors (Lipinski definition) is 2. The maximum Gasteiger partial charge on any atom is 0.248 e. The minimum absolute atomic E-state index is 0.0111. The van der Waals surface area contributed by atoms with Crippen molar-refractivity contribution < 1.29 is 13.5 Å². The van der Waals surface area contributed by atoms with E-state index in [0.29, 0.717) is 22.9 Å². The van der Waals surface area contributed by atoms with Gasteiger partial charge >= 0.3 is 0 Å². The van der Waals surface area contributed by atoms with Crippen molar-refractivity contribution in [2.75, 3.05) is 12.3 Å². The fourth-order valence-corrected chi connectivity index (χ4v) is 2.42. The van der Waals surface area contributed by atoms with E-state index >= 15 is 0 Å². The first-order valence-corrected chi connectivity index (χ1v) is 6.40. The van der Waals surface area contributed by atoms with Crippen LogP contribution in [0, 0.1) is 5.92 Å². The highest BCUT2D eigenvalue weighted by atomic mass is 35.5. The topological polar surface area (TPSA) is 35.2 Å². The third-order valence-electron chi connectivity index (χ3n) is 3.19. The van der Waals surface area contributed by atoms with Crippen molar-refractivity contribution in [1.29, 1.82) is 0 Å². The third-order valence-corrected chi connectivity index (χ3v) is 3.43. The van der Waals surface area contributed by atoms with Crippen LogP contribution in [0.4, 0.5) is 14.5 Å². The normalized spacial score (nSPS) is 22.7. The molecule has 5 heteroatoms. The molecule has 1 aliphatic carbocycles. The number of ether oxygens (including phenoxy) is 1. The van der Waals surface area contributed by atoms with Crippen molar-refractivity contribution in [2.45, 2.75) is 31.6 Å². The van der Waals surface area contributed by atoms with Gasteiger partial charge in [-0.25, -0.2) is 8.78 Å². The second-order valence-corrected chi connectivity index (χ2v) is 5.25. The van der Waals surface area contributed by atoms with E-state index in [1.54, 1.807) is 18.2 Å². The summed E-state index contributed by atoms with van der Waals surface area (Å²) in [6, 6.07) is 4.92. The Hall–Kier alpha value is -1.03. The maximum atomic E-state index is 13.2. The highest BCUT2D eigenvalue weighted by Gasteiger charge is 2.36. The van der Waals surface area contributed by atoms with Crippen LogP contribution in [0.15, 0.2) is 18.2 Å². The quantitative estimate of drug-likeness (QED) is 0.842. The molecule has 0 spiro atoms. The number of hydrogen-bond donors (Lipinski definition) is 1. The van der Waals surface area contributed by atoms with E-state index in [4.69, 9.17) is 22.1 Å². The lowest BCUT2D eigenvalue weighted by molar-refractivity contribution is -0.0585. The lowest BCUT2D eigenvalue weighted by Gasteiger charge is -2.28. The van der Waals surface area contributed by atoms with E-state index in [1.807, 2.05) is 0 Å². The summed E-state index contributed by atoms with van der Waals surface area (Å²) in [6.07, 6.45) is 1.21. The Morgan fingerprint density at radius 1 is 1.44 bits per heavy atom. The zero-order valence-corrected chi connectivity index (χ0v) is 10.7. The fraction of sp³-hybridized carbons (Fsp3) is 0.538. The molecule has 1 aliphatic rings. The average Bonchev–Trinajstić information content (AvgIpc) is 2.29. The maximum absolute atomic E-state index is 13.2. The van der Waals surface area contributed by atoms with Crippen molar-refractivity contribution >= 4 is 17.3 Å². The smallest absolute Gasteiger partial charge is 0.248 e. The van der Waals surface area contributed by atoms with Crippen LogP contribution >= 0.6 is 11.6 Å². The number of anilines is 1. The summed E-state index contributed by atoms with van der Waals surface area (Å²) in [4.78, 5) is 0. The van der Waals surface area contributed by atoms with E-state index in [2.05, 4.69) is 0 Å². The van der Waals surface area contributed by atoms with Crippen molar-refractivity contribution in [2.24, 2.45) is 5.92 Å². The molecule has 1 atom stereocenters. The van der Waals surface area contributed by atoms with Gasteiger partial charge in [-0.3, -0.25) is 0 Å². The number of rotatable bonds is 3. The van der Waals surface area contributed by atoms with Gasteiger partial charge in [-0.05, 0) is 30.9 Å². The molecular weight excluding hydrogens is 260 g/mol. The van der Waals surface area contributed by atoms with Crippen molar-refractivity contribution in [3.63, 3.8) is 0 Å². The highest BCUT2D eigenvalue weighted by Crippen LogP contribution is 2.37. The lowest BCUT2D eigenvalue weighted by Crippen LogP contribution is -2.29. The molecule has 1 fully saturated rings. The second kappa shape index (κ2) is 5.31. The van der Waals surface area contributed by atoms with Crippen molar-refractivity contribution in [3.8, 4) is 5.75 Å². The Balaban J connectivity index is 1.93. The highest BCUT2D eigenvalue weighted by molar-refractivity contribution is 6.30. The van der Waals surface area contributed by atoms with E-state index in [0.717, 1.165) is 6.42 Å². The van der Waals surface area contributed by atoms with Crippen molar-refractivity contribution in [3.05, 3.63) is 23.2 Å². The Labute approximate surface area is 110 Å². The van der Waals surface area contributed by atoms with Gasteiger partial charge in [0.1, 0.15) is 5.75 Å². The lowest BCUT2D eigenvalue weighted by atomic mass is 9.87. The molecule has 0 bridgehead atoms. The van der Waals surface area contributed by atoms with Gasteiger partial charge in [-0.2, -0.15) is 0 Å². The Bertz CT molecular complexity index is 425. The van der Waals surface area contributed by atoms with Crippen LogP contribution in [0.1, 0.15) is 25.7 Å². The fourth-order valence-electron chi connectivity index (χ4n) is 2.26. The molecule has 0 heterocycles. The molecule has 0 radical (unpaired) electrons. The van der Waals surface area contributed by atoms with Gasteiger partial charge in [-0.15, -0.1) is 0 Å². The molecule has 100 valence electrons. The molecule has 0 aromatic heterocycles. The van der Waals surface area contributed by atoms with Gasteiger partial charge in [0, 0.05) is 23.9 Å². The van der Waals surface area contributed by atoms with E-state index < -0.39 is 5.92 Å². The van der Waals surface area contributed by atoms with Crippen molar-refractivity contribution in [1.82, 2.24) is 0 Å². The van der Waals surface area contributed by atoms with Gasteiger partial charge in [0.05, 0.1) is 12.3 Å². The summed E-state index contributed by atoms with van der Waals surface area (Å²) in [5, 5.41) is 0.521. The average molecular weight is 276 g/mol. The van der Waals surface area contributed by atoms with Crippen LogP contribution in [0.3, 0.4) is 0 Å². The number of nitrogens with two attached hydrogens (primary N) is 1. The summed E-state index contributed by atoms with van der Waals surface area (Å²) in [7, 11) is 0. The molecule has 1 saturated carbocycles. The number of alkyl halides is 2. The Morgan fingerprint density at radius 2 is 2.22 bits per heavy atom. The summed E-state index contributed by atoms with van der Waals surface area (Å²) in [6.45, 7) is 0.264. The minimum atomic E-state index is -2.55. The molecule has 1 aromatic carbocycles. The zero-order valence-electron chi connectivity index (χ0n) is 9.96. The van der Waals surface area contributed by atoms with E-state index in [9.17, 15) is 8.78 Å². The SMILES string of the molecule is Nc1ccc(Cl)cc1OCC1CCCC(F)(F)C1. The predicted octanol–water partition coefficient (Wildman–Crippen LogP) is 4.13. The van der Waals surface area contributed by atoms with Crippen LogP contribution < -0.4 is 10.5 Å². The zero-order chi connectivity index (χ0) is 13.2. The summed E-state index contributed by atoms with van der Waals surface area (Å²) >= 11 is 5.83. The molecule has 0 amide bonds. The molecule has 2 nitrogen and oxygen atoms in total. The van der Waals surface area contributed by atoms with E-state index in [-0.39, 0.29) is 25.4 Å². The Morgan fingerprint density at radius 3 is 2.94 bits per heavy atom. The summed E-state index contributed by atoms with van der Waals surface area (Å²) in [5.74, 6) is -2.20. The molecule has 18 heavy (non-hydrogen) atoms. The van der Waals surface area contributed by atoms with Gasteiger partial charge in [0.25, 0.3) is 0 Å². The molecule has 1 unspecified atom stereocenters. The number of benzene rings is 1. The second-order valence-electron chi connectivity index (χ2n) is 4.81. The van der Waals surface area contributed by atoms with Crippen LogP contribution in [0.5, 0.6) is 5.75 Å². The first-order chi connectivity index (χ1) is 8.46. The predicted molar refractivity (Wildman–Crippen MR) is 68.3 cm³/mol. The van der Waals surface area contributed by atoms with Crippen LogP contribution in [-0.4, -0.2) is 12.5 Å². The molecule has 2 N–H and O–H groups in total. The third kappa shape index (κ3) is 3.48. The van der Waals surface area contributed by atoms with Gasteiger partial charge < -0.3 is 10.5 Å². The number of halogens is 3. The summed E-state index contributed by atoms with van der Waals surface area (Å²) in [5.41, 5.74) is 6.20. The molecule has 0 saturated heterocycles. The van der Waals surface area contributed by atoms with Gasteiger partial charge in [-0.1, -0.05) is 11.6 Å². The van der Waals surface area contributed by atoms with Crippen LogP contribution in [0.2, 0.25) is 5.02 Å². The first-order valence-electron chi connectivity index (χ1n) is 6.02. The molecule has 1 aromatic rings.